The van der Waals surface area contributed by atoms with E-state index in [2.05, 4.69) is 24.8 Å². The van der Waals surface area contributed by atoms with Crippen molar-refractivity contribution in [1.82, 2.24) is 4.68 Å². The van der Waals surface area contributed by atoms with Gasteiger partial charge in [-0.2, -0.15) is 0 Å². The molecule has 0 bridgehead atoms. The van der Waals surface area contributed by atoms with Crippen molar-refractivity contribution in [2.24, 2.45) is 4.99 Å². The average molecular weight is 324 g/mol. The van der Waals surface area contributed by atoms with Gasteiger partial charge in [0.15, 0.2) is 5.84 Å². The molecular weight excluding hydrogens is 306 g/mol. The predicted octanol–water partition coefficient (Wildman–Crippen LogP) is 4.94. The van der Waals surface area contributed by atoms with Gasteiger partial charge in [-0.25, -0.2) is 4.99 Å². The number of amidine groups is 1. The van der Waals surface area contributed by atoms with Crippen LogP contribution in [-0.2, 0) is 0 Å². The maximum absolute atomic E-state index is 6.12. The van der Waals surface area contributed by atoms with Crippen LogP contribution in [-0.4, -0.2) is 10.5 Å². The average Bonchev–Trinajstić information content (AvgIpc) is 3.30. The number of nitrogens with zero attached hydrogens (tertiary/aromatic N) is 2. The van der Waals surface area contributed by atoms with Crippen LogP contribution < -0.4 is 5.43 Å². The quantitative estimate of drug-likeness (QED) is 0.851. The van der Waals surface area contributed by atoms with Crippen LogP contribution >= 0.6 is 11.6 Å². The van der Waals surface area contributed by atoms with E-state index in [4.69, 9.17) is 16.6 Å². The van der Waals surface area contributed by atoms with Crippen molar-refractivity contribution in [2.45, 2.75) is 25.7 Å². The Morgan fingerprint density at radius 3 is 2.83 bits per heavy atom. The fraction of sp³-hybridized carbons (Fsp3) is 0.211. The van der Waals surface area contributed by atoms with Crippen LogP contribution in [0.5, 0.6) is 0 Å². The van der Waals surface area contributed by atoms with Crippen molar-refractivity contribution in [3.63, 3.8) is 0 Å². The minimum Gasteiger partial charge on any atom is -0.277 e. The molecule has 116 valence electrons. The standard InChI is InChI=1S/C19H18ClN3/c1-4-13-10-23-18(17(13)14-5-6-14)12(3)21-19(22-23)15-7-8-16(20)11(2)9-15/h4,7-10,14H,1,3,5-6H2,2H3,(H,21,22). The molecule has 0 amide bonds. The summed E-state index contributed by atoms with van der Waals surface area (Å²) >= 11 is 6.12. The van der Waals surface area contributed by atoms with Crippen molar-refractivity contribution in [3.8, 4) is 0 Å². The Morgan fingerprint density at radius 2 is 2.17 bits per heavy atom. The molecule has 0 saturated heterocycles. The lowest BCUT2D eigenvalue weighted by Gasteiger charge is -2.21. The number of nitrogens with one attached hydrogen (secondary N) is 1. The summed E-state index contributed by atoms with van der Waals surface area (Å²) in [6.45, 7) is 10.1. The first-order valence-electron chi connectivity index (χ1n) is 7.77. The van der Waals surface area contributed by atoms with Crippen molar-refractivity contribution >= 4 is 29.2 Å². The van der Waals surface area contributed by atoms with Crippen molar-refractivity contribution < 1.29 is 0 Å². The predicted molar refractivity (Wildman–Crippen MR) is 97.6 cm³/mol. The number of halogens is 1. The second-order valence-corrected chi connectivity index (χ2v) is 6.59. The molecule has 0 atom stereocenters. The fourth-order valence-corrected chi connectivity index (χ4v) is 3.25. The molecule has 1 aromatic heterocycles. The van der Waals surface area contributed by atoms with Gasteiger partial charge >= 0.3 is 0 Å². The van der Waals surface area contributed by atoms with Crippen LogP contribution in [0.15, 0.2) is 42.5 Å². The highest BCUT2D eigenvalue weighted by atomic mass is 35.5. The SMILES string of the molecule is C=Cc1cn2c(c1C1CC1)C(=C)N=C(c1ccc(Cl)c(C)c1)N2. The van der Waals surface area contributed by atoms with Gasteiger partial charge in [-0.15, -0.1) is 0 Å². The highest BCUT2D eigenvalue weighted by molar-refractivity contribution is 6.31. The number of aromatic nitrogens is 1. The summed E-state index contributed by atoms with van der Waals surface area (Å²) in [5.74, 6) is 1.41. The Balaban J connectivity index is 1.78. The number of hydrogen-bond donors (Lipinski definition) is 1. The van der Waals surface area contributed by atoms with Crippen LogP contribution in [0.4, 0.5) is 0 Å². The normalized spacial score (nSPS) is 16.6. The molecule has 1 aromatic carbocycles. The largest absolute Gasteiger partial charge is 0.277 e. The Kier molecular flexibility index (Phi) is 3.20. The minimum absolute atomic E-state index is 0.618. The topological polar surface area (TPSA) is 29.3 Å². The van der Waals surface area contributed by atoms with Gasteiger partial charge < -0.3 is 0 Å². The first kappa shape index (κ1) is 14.3. The first-order chi connectivity index (χ1) is 11.1. The number of aryl methyl sites for hydroxylation is 1. The van der Waals surface area contributed by atoms with E-state index < -0.39 is 0 Å². The number of hydrogen-bond acceptors (Lipinski definition) is 2. The van der Waals surface area contributed by atoms with E-state index in [1.54, 1.807) is 0 Å². The van der Waals surface area contributed by atoms with E-state index in [9.17, 15) is 0 Å². The fourth-order valence-electron chi connectivity index (χ4n) is 3.13. The maximum Gasteiger partial charge on any atom is 0.152 e. The summed E-state index contributed by atoms with van der Waals surface area (Å²) in [6, 6.07) is 5.90. The number of aliphatic imine (C=N–C) groups is 1. The molecule has 1 aliphatic carbocycles. The van der Waals surface area contributed by atoms with Crippen LogP contribution in [0, 0.1) is 6.92 Å². The zero-order chi connectivity index (χ0) is 16.1. The van der Waals surface area contributed by atoms with E-state index >= 15 is 0 Å². The Hall–Kier alpha value is -2.26. The lowest BCUT2D eigenvalue weighted by atomic mass is 10.0. The molecule has 4 rings (SSSR count). The molecule has 1 saturated carbocycles. The molecule has 4 heteroatoms. The third-order valence-electron chi connectivity index (χ3n) is 4.46. The summed E-state index contributed by atoms with van der Waals surface area (Å²) in [4.78, 5) is 4.70. The Morgan fingerprint density at radius 1 is 1.39 bits per heavy atom. The molecule has 1 aliphatic heterocycles. The van der Waals surface area contributed by atoms with Crippen molar-refractivity contribution in [2.75, 3.05) is 5.43 Å². The minimum atomic E-state index is 0.618. The zero-order valence-electron chi connectivity index (χ0n) is 13.1. The molecule has 0 unspecified atom stereocenters. The molecule has 2 aliphatic rings. The Labute approximate surface area is 141 Å². The van der Waals surface area contributed by atoms with Gasteiger partial charge in [-0.1, -0.05) is 30.8 Å². The summed E-state index contributed by atoms with van der Waals surface area (Å²) < 4.78 is 2.03. The molecule has 0 radical (unpaired) electrons. The lowest BCUT2D eigenvalue weighted by molar-refractivity contribution is 0.931. The van der Waals surface area contributed by atoms with E-state index in [1.165, 1.54) is 24.0 Å². The third kappa shape index (κ3) is 2.32. The second kappa shape index (κ2) is 5.14. The molecule has 2 aromatic rings. The van der Waals surface area contributed by atoms with Gasteiger partial charge in [-0.3, -0.25) is 10.1 Å². The molecule has 2 heterocycles. The molecule has 1 N–H and O–H groups in total. The second-order valence-electron chi connectivity index (χ2n) is 6.18. The summed E-state index contributed by atoms with van der Waals surface area (Å²) in [7, 11) is 0. The summed E-state index contributed by atoms with van der Waals surface area (Å²) in [5.41, 5.74) is 9.78. The molecular formula is C19H18ClN3. The van der Waals surface area contributed by atoms with Crippen LogP contribution in [0.25, 0.3) is 11.8 Å². The van der Waals surface area contributed by atoms with Gasteiger partial charge in [0.05, 0.1) is 11.4 Å². The molecule has 1 fully saturated rings. The van der Waals surface area contributed by atoms with Crippen LogP contribution in [0.2, 0.25) is 5.02 Å². The van der Waals surface area contributed by atoms with Gasteiger partial charge in [0.2, 0.25) is 0 Å². The third-order valence-corrected chi connectivity index (χ3v) is 4.88. The smallest absolute Gasteiger partial charge is 0.152 e. The molecule has 23 heavy (non-hydrogen) atoms. The number of fused-ring (bicyclic) bond motifs is 1. The Bertz CT molecular complexity index is 869. The van der Waals surface area contributed by atoms with E-state index in [1.807, 2.05) is 35.9 Å². The van der Waals surface area contributed by atoms with Gasteiger partial charge in [0.1, 0.15) is 0 Å². The lowest BCUT2D eigenvalue weighted by Crippen LogP contribution is -2.28. The van der Waals surface area contributed by atoms with Gasteiger partial charge in [0.25, 0.3) is 0 Å². The highest BCUT2D eigenvalue weighted by Gasteiger charge is 2.33. The zero-order valence-corrected chi connectivity index (χ0v) is 13.8. The summed E-state index contributed by atoms with van der Waals surface area (Å²) in [6.07, 6.45) is 6.47. The molecule has 3 nitrogen and oxygen atoms in total. The molecule has 0 spiro atoms. The van der Waals surface area contributed by atoms with Gasteiger partial charge in [0, 0.05) is 16.8 Å². The van der Waals surface area contributed by atoms with E-state index in [0.717, 1.165) is 33.4 Å². The van der Waals surface area contributed by atoms with E-state index in [-0.39, 0.29) is 0 Å². The highest BCUT2D eigenvalue weighted by Crippen LogP contribution is 2.46. The maximum atomic E-state index is 6.12. The summed E-state index contributed by atoms with van der Waals surface area (Å²) in [5, 5.41) is 0.760. The van der Waals surface area contributed by atoms with Crippen LogP contribution in [0.1, 0.15) is 46.7 Å². The van der Waals surface area contributed by atoms with Gasteiger partial charge in [-0.05, 0) is 60.6 Å². The van der Waals surface area contributed by atoms with Crippen molar-refractivity contribution in [3.05, 3.63) is 70.5 Å². The van der Waals surface area contributed by atoms with Crippen LogP contribution in [0.3, 0.4) is 0 Å². The van der Waals surface area contributed by atoms with E-state index in [0.29, 0.717) is 5.92 Å². The first-order valence-corrected chi connectivity index (χ1v) is 8.15. The number of benzene rings is 1. The number of rotatable bonds is 3. The monoisotopic (exact) mass is 323 g/mol. The van der Waals surface area contributed by atoms with Crippen molar-refractivity contribution in [1.29, 1.82) is 0 Å².